The summed E-state index contributed by atoms with van der Waals surface area (Å²) in [5, 5.41) is 2.37. The van der Waals surface area contributed by atoms with Gasteiger partial charge in [-0.25, -0.2) is 0 Å². The summed E-state index contributed by atoms with van der Waals surface area (Å²) in [6.45, 7) is 0.109. The highest BCUT2D eigenvalue weighted by Crippen LogP contribution is 2.31. The highest BCUT2D eigenvalue weighted by atomic mass is 32.2. The van der Waals surface area contributed by atoms with Crippen LogP contribution >= 0.6 is 0 Å². The summed E-state index contributed by atoms with van der Waals surface area (Å²) in [4.78, 5) is 11.7. The van der Waals surface area contributed by atoms with Gasteiger partial charge >= 0.3 is 6.18 Å². The fourth-order valence-corrected chi connectivity index (χ4v) is 1.72. The zero-order valence-corrected chi connectivity index (χ0v) is 10.9. The Morgan fingerprint density at radius 3 is 2.58 bits per heavy atom. The number of hydrogen-bond acceptors (Lipinski definition) is 3. The third kappa shape index (κ3) is 4.55. The van der Waals surface area contributed by atoms with Crippen molar-refractivity contribution in [1.82, 2.24) is 5.32 Å². The fraction of sp³-hybridized carbons (Fsp3) is 0.364. The quantitative estimate of drug-likeness (QED) is 0.824. The highest BCUT2D eigenvalue weighted by molar-refractivity contribution is 7.84. The summed E-state index contributed by atoms with van der Waals surface area (Å²) in [7, 11) is -1.09. The lowest BCUT2D eigenvalue weighted by Gasteiger charge is -2.11. The number of nitrogens with two attached hydrogens (primary N) is 1. The SMILES string of the molecule is CS(=O)CCNC(=O)c1cc(C(F)(F)F)ccc1N. The number of rotatable bonds is 4. The summed E-state index contributed by atoms with van der Waals surface area (Å²) in [5.41, 5.74) is 4.26. The Balaban J connectivity index is 2.87. The molecule has 0 aromatic heterocycles. The molecule has 0 aliphatic rings. The van der Waals surface area contributed by atoms with Gasteiger partial charge in [0.15, 0.2) is 0 Å². The topological polar surface area (TPSA) is 72.2 Å². The van der Waals surface area contributed by atoms with Crippen molar-refractivity contribution in [3.63, 3.8) is 0 Å². The second kappa shape index (κ2) is 6.05. The van der Waals surface area contributed by atoms with E-state index in [0.717, 1.165) is 12.1 Å². The normalized spacial score (nSPS) is 13.1. The van der Waals surface area contributed by atoms with Gasteiger partial charge in [0.1, 0.15) is 0 Å². The van der Waals surface area contributed by atoms with E-state index in [1.165, 1.54) is 6.26 Å². The number of halogens is 3. The molecule has 3 N–H and O–H groups in total. The number of carbonyl (C=O) groups is 1. The number of benzene rings is 1. The highest BCUT2D eigenvalue weighted by Gasteiger charge is 2.31. The molecule has 1 atom stereocenters. The maximum Gasteiger partial charge on any atom is 0.416 e. The summed E-state index contributed by atoms with van der Waals surface area (Å²) in [6, 6.07) is 2.55. The Morgan fingerprint density at radius 2 is 2.05 bits per heavy atom. The van der Waals surface area contributed by atoms with E-state index in [1.807, 2.05) is 0 Å². The minimum absolute atomic E-state index is 0.0388. The van der Waals surface area contributed by atoms with Gasteiger partial charge in [0.25, 0.3) is 5.91 Å². The summed E-state index contributed by atoms with van der Waals surface area (Å²) < 4.78 is 48.3. The molecule has 4 nitrogen and oxygen atoms in total. The first-order valence-corrected chi connectivity index (χ1v) is 6.99. The van der Waals surface area contributed by atoms with Crippen LogP contribution in [0, 0.1) is 0 Å². The van der Waals surface area contributed by atoms with Gasteiger partial charge in [-0.15, -0.1) is 0 Å². The number of nitrogens with one attached hydrogen (secondary N) is 1. The molecule has 1 unspecified atom stereocenters. The van der Waals surface area contributed by atoms with Gasteiger partial charge in [0, 0.05) is 35.0 Å². The maximum atomic E-state index is 12.5. The second-order valence-electron chi connectivity index (χ2n) is 3.83. The van der Waals surface area contributed by atoms with Crippen LogP contribution in [0.15, 0.2) is 18.2 Å². The van der Waals surface area contributed by atoms with Crippen molar-refractivity contribution in [2.75, 3.05) is 24.3 Å². The molecule has 0 aliphatic heterocycles. The zero-order chi connectivity index (χ0) is 14.6. The van der Waals surface area contributed by atoms with Crippen LogP contribution in [0.1, 0.15) is 15.9 Å². The number of hydrogen-bond donors (Lipinski definition) is 2. The standard InChI is InChI=1S/C11H13F3N2O2S/c1-19(18)5-4-16-10(17)8-6-7(11(12,13)14)2-3-9(8)15/h2-3,6H,4-5,15H2,1H3,(H,16,17). The van der Waals surface area contributed by atoms with E-state index in [0.29, 0.717) is 6.07 Å². The van der Waals surface area contributed by atoms with Crippen molar-refractivity contribution < 1.29 is 22.2 Å². The van der Waals surface area contributed by atoms with E-state index in [2.05, 4.69) is 5.32 Å². The molecule has 1 aromatic carbocycles. The molecule has 0 aliphatic carbocycles. The maximum absolute atomic E-state index is 12.5. The molecular formula is C11H13F3N2O2S. The van der Waals surface area contributed by atoms with Crippen LogP contribution < -0.4 is 11.1 Å². The molecule has 0 saturated heterocycles. The van der Waals surface area contributed by atoms with Gasteiger partial charge in [0.2, 0.25) is 0 Å². The molecule has 0 spiro atoms. The predicted molar refractivity (Wildman–Crippen MR) is 67.1 cm³/mol. The Labute approximate surface area is 110 Å². The summed E-state index contributed by atoms with van der Waals surface area (Å²) >= 11 is 0. The van der Waals surface area contributed by atoms with Gasteiger partial charge in [-0.1, -0.05) is 0 Å². The first-order valence-electron chi connectivity index (χ1n) is 5.26. The van der Waals surface area contributed by atoms with Gasteiger partial charge in [0.05, 0.1) is 11.1 Å². The molecule has 0 bridgehead atoms. The number of anilines is 1. The molecule has 8 heteroatoms. The number of alkyl halides is 3. The minimum atomic E-state index is -4.53. The first kappa shape index (κ1) is 15.5. The molecule has 1 aromatic rings. The Bertz CT molecular complexity index is 503. The third-order valence-corrected chi connectivity index (χ3v) is 3.08. The largest absolute Gasteiger partial charge is 0.416 e. The summed E-state index contributed by atoms with van der Waals surface area (Å²) in [6.07, 6.45) is -3.07. The summed E-state index contributed by atoms with van der Waals surface area (Å²) in [5.74, 6) is -0.487. The molecular weight excluding hydrogens is 281 g/mol. The van der Waals surface area contributed by atoms with Crippen molar-refractivity contribution in [2.45, 2.75) is 6.18 Å². The van der Waals surface area contributed by atoms with E-state index >= 15 is 0 Å². The van der Waals surface area contributed by atoms with Crippen LogP contribution in [-0.2, 0) is 17.0 Å². The zero-order valence-electron chi connectivity index (χ0n) is 10.1. The van der Waals surface area contributed by atoms with Crippen LogP contribution in [-0.4, -0.2) is 28.7 Å². The van der Waals surface area contributed by atoms with Crippen molar-refractivity contribution in [1.29, 1.82) is 0 Å². The van der Waals surface area contributed by atoms with E-state index < -0.39 is 28.4 Å². The predicted octanol–water partition coefficient (Wildman–Crippen LogP) is 1.40. The molecule has 0 radical (unpaired) electrons. The van der Waals surface area contributed by atoms with Crippen molar-refractivity contribution in [3.05, 3.63) is 29.3 Å². The molecule has 1 amide bonds. The average molecular weight is 294 g/mol. The Morgan fingerprint density at radius 1 is 1.42 bits per heavy atom. The van der Waals surface area contributed by atoms with E-state index in [1.54, 1.807) is 0 Å². The van der Waals surface area contributed by atoms with Crippen LogP contribution in [0.4, 0.5) is 18.9 Å². The van der Waals surface area contributed by atoms with Crippen molar-refractivity contribution in [3.8, 4) is 0 Å². The Hall–Kier alpha value is -1.57. The van der Waals surface area contributed by atoms with E-state index in [-0.39, 0.29) is 23.5 Å². The van der Waals surface area contributed by atoms with Gasteiger partial charge in [-0.05, 0) is 18.2 Å². The monoisotopic (exact) mass is 294 g/mol. The van der Waals surface area contributed by atoms with Gasteiger partial charge < -0.3 is 11.1 Å². The molecule has 0 saturated carbocycles. The van der Waals surface area contributed by atoms with Gasteiger partial charge in [-0.3, -0.25) is 9.00 Å². The second-order valence-corrected chi connectivity index (χ2v) is 5.39. The number of amides is 1. The molecule has 0 fully saturated rings. The van der Waals surface area contributed by atoms with E-state index in [4.69, 9.17) is 5.73 Å². The van der Waals surface area contributed by atoms with E-state index in [9.17, 15) is 22.2 Å². The number of nitrogen functional groups attached to an aromatic ring is 1. The minimum Gasteiger partial charge on any atom is -0.398 e. The lowest BCUT2D eigenvalue weighted by molar-refractivity contribution is -0.137. The molecule has 1 rings (SSSR count). The smallest absolute Gasteiger partial charge is 0.398 e. The third-order valence-electron chi connectivity index (χ3n) is 2.30. The lowest BCUT2D eigenvalue weighted by atomic mass is 10.1. The molecule has 0 heterocycles. The van der Waals surface area contributed by atoms with Gasteiger partial charge in [-0.2, -0.15) is 13.2 Å². The number of carbonyl (C=O) groups excluding carboxylic acids is 1. The van der Waals surface area contributed by atoms with Crippen LogP contribution in [0.2, 0.25) is 0 Å². The first-order chi connectivity index (χ1) is 8.71. The lowest BCUT2D eigenvalue weighted by Crippen LogP contribution is -2.28. The Kier molecular flexibility index (Phi) is 4.93. The average Bonchev–Trinajstić information content (AvgIpc) is 2.27. The molecule has 19 heavy (non-hydrogen) atoms. The van der Waals surface area contributed by atoms with Crippen LogP contribution in [0.3, 0.4) is 0 Å². The van der Waals surface area contributed by atoms with Crippen LogP contribution in [0.25, 0.3) is 0 Å². The van der Waals surface area contributed by atoms with Crippen LogP contribution in [0.5, 0.6) is 0 Å². The molecule has 106 valence electrons. The van der Waals surface area contributed by atoms with Crippen molar-refractivity contribution in [2.24, 2.45) is 0 Å². The van der Waals surface area contributed by atoms with Crippen molar-refractivity contribution >= 4 is 22.4 Å². The fourth-order valence-electron chi connectivity index (χ4n) is 1.33.